The van der Waals surface area contributed by atoms with Crippen LogP contribution in [-0.4, -0.2) is 19.7 Å². The minimum absolute atomic E-state index is 0.542. The Kier molecular flexibility index (Phi) is 9.08. The van der Waals surface area contributed by atoms with Crippen molar-refractivity contribution in [3.05, 3.63) is 28.2 Å². The summed E-state index contributed by atoms with van der Waals surface area (Å²) in [6, 6.07) is 5.38. The standard InChI is InChI=1S/C16H25Cl2NO/c1-13(2)12-19-9-5-3-4-6-10-20-14-7-8-15(17)16(18)11-14/h7-8,11,13,19H,3-6,9-10,12H2,1-2H3. The van der Waals surface area contributed by atoms with Crippen LogP contribution in [0.3, 0.4) is 0 Å². The van der Waals surface area contributed by atoms with Crippen LogP contribution in [-0.2, 0) is 0 Å². The van der Waals surface area contributed by atoms with E-state index >= 15 is 0 Å². The fourth-order valence-corrected chi connectivity index (χ4v) is 2.14. The minimum atomic E-state index is 0.542. The average Bonchev–Trinajstić information content (AvgIpc) is 2.40. The van der Waals surface area contributed by atoms with E-state index in [0.717, 1.165) is 37.8 Å². The van der Waals surface area contributed by atoms with E-state index in [2.05, 4.69) is 19.2 Å². The molecule has 0 atom stereocenters. The summed E-state index contributed by atoms with van der Waals surface area (Å²) < 4.78 is 5.64. The summed E-state index contributed by atoms with van der Waals surface area (Å²) in [5.74, 6) is 1.52. The van der Waals surface area contributed by atoms with Crippen molar-refractivity contribution in [1.29, 1.82) is 0 Å². The maximum absolute atomic E-state index is 5.93. The molecule has 2 nitrogen and oxygen atoms in total. The Balaban J connectivity index is 1.98. The predicted octanol–water partition coefficient (Wildman–Crippen LogP) is 5.18. The van der Waals surface area contributed by atoms with Crippen molar-refractivity contribution in [3.63, 3.8) is 0 Å². The molecule has 0 bridgehead atoms. The van der Waals surface area contributed by atoms with Gasteiger partial charge in [0, 0.05) is 6.07 Å². The van der Waals surface area contributed by atoms with E-state index in [1.165, 1.54) is 19.3 Å². The summed E-state index contributed by atoms with van der Waals surface area (Å²) in [6.45, 7) is 7.42. The number of hydrogen-bond donors (Lipinski definition) is 1. The molecule has 0 heterocycles. The molecule has 0 amide bonds. The van der Waals surface area contributed by atoms with Crippen LogP contribution in [0, 0.1) is 5.92 Å². The average molecular weight is 318 g/mol. The van der Waals surface area contributed by atoms with Crippen LogP contribution in [0.5, 0.6) is 5.75 Å². The second kappa shape index (κ2) is 10.3. The zero-order valence-corrected chi connectivity index (χ0v) is 13.9. The molecule has 4 heteroatoms. The summed E-state index contributed by atoms with van der Waals surface area (Å²) >= 11 is 11.8. The number of rotatable bonds is 10. The van der Waals surface area contributed by atoms with Crippen molar-refractivity contribution >= 4 is 23.2 Å². The fraction of sp³-hybridized carbons (Fsp3) is 0.625. The zero-order chi connectivity index (χ0) is 14.8. The van der Waals surface area contributed by atoms with Gasteiger partial charge in [-0.2, -0.15) is 0 Å². The van der Waals surface area contributed by atoms with E-state index in [-0.39, 0.29) is 0 Å². The van der Waals surface area contributed by atoms with Crippen LogP contribution >= 0.6 is 23.2 Å². The van der Waals surface area contributed by atoms with E-state index in [1.807, 2.05) is 6.07 Å². The summed E-state index contributed by atoms with van der Waals surface area (Å²) in [5.41, 5.74) is 0. The van der Waals surface area contributed by atoms with E-state index in [4.69, 9.17) is 27.9 Å². The van der Waals surface area contributed by atoms with Gasteiger partial charge in [0.1, 0.15) is 5.75 Å². The van der Waals surface area contributed by atoms with Gasteiger partial charge in [-0.05, 0) is 44.0 Å². The number of benzene rings is 1. The summed E-state index contributed by atoms with van der Waals surface area (Å²) in [4.78, 5) is 0. The molecule has 0 saturated heterocycles. The van der Waals surface area contributed by atoms with E-state index < -0.39 is 0 Å². The minimum Gasteiger partial charge on any atom is -0.494 e. The Morgan fingerprint density at radius 2 is 1.80 bits per heavy atom. The second-order valence-electron chi connectivity index (χ2n) is 5.44. The third kappa shape index (κ3) is 7.98. The lowest BCUT2D eigenvalue weighted by molar-refractivity contribution is 0.304. The molecule has 0 aromatic heterocycles. The lowest BCUT2D eigenvalue weighted by atomic mass is 10.2. The Hall–Kier alpha value is -0.440. The number of hydrogen-bond acceptors (Lipinski definition) is 2. The molecule has 0 radical (unpaired) electrons. The van der Waals surface area contributed by atoms with Crippen molar-refractivity contribution in [1.82, 2.24) is 5.32 Å². The van der Waals surface area contributed by atoms with E-state index in [0.29, 0.717) is 10.0 Å². The molecule has 1 aromatic rings. The van der Waals surface area contributed by atoms with Gasteiger partial charge in [0.05, 0.1) is 16.7 Å². The molecule has 20 heavy (non-hydrogen) atoms. The smallest absolute Gasteiger partial charge is 0.120 e. The fourth-order valence-electron chi connectivity index (χ4n) is 1.85. The molecule has 1 N–H and O–H groups in total. The van der Waals surface area contributed by atoms with Gasteiger partial charge in [0.2, 0.25) is 0 Å². The molecule has 0 fully saturated rings. The summed E-state index contributed by atoms with van der Waals surface area (Å²) in [7, 11) is 0. The van der Waals surface area contributed by atoms with E-state index in [1.54, 1.807) is 12.1 Å². The largest absolute Gasteiger partial charge is 0.494 e. The maximum atomic E-state index is 5.93. The highest BCUT2D eigenvalue weighted by Crippen LogP contribution is 2.26. The van der Waals surface area contributed by atoms with Crippen molar-refractivity contribution in [2.24, 2.45) is 5.92 Å². The molecule has 1 rings (SSSR count). The molecule has 0 aliphatic heterocycles. The van der Waals surface area contributed by atoms with Crippen LogP contribution in [0.15, 0.2) is 18.2 Å². The lowest BCUT2D eigenvalue weighted by Crippen LogP contribution is -2.20. The van der Waals surface area contributed by atoms with Gasteiger partial charge in [-0.3, -0.25) is 0 Å². The van der Waals surface area contributed by atoms with Gasteiger partial charge in [-0.1, -0.05) is 49.9 Å². The Morgan fingerprint density at radius 1 is 1.05 bits per heavy atom. The number of unbranched alkanes of at least 4 members (excludes halogenated alkanes) is 3. The molecule has 0 unspecified atom stereocenters. The van der Waals surface area contributed by atoms with Crippen LogP contribution in [0.1, 0.15) is 39.5 Å². The molecule has 114 valence electrons. The normalized spacial score (nSPS) is 11.1. The molecule has 0 spiro atoms. The highest BCUT2D eigenvalue weighted by molar-refractivity contribution is 6.42. The Bertz CT molecular complexity index is 383. The molecule has 1 aromatic carbocycles. The first-order valence-corrected chi connectivity index (χ1v) is 8.13. The van der Waals surface area contributed by atoms with Crippen LogP contribution in [0.4, 0.5) is 0 Å². The SMILES string of the molecule is CC(C)CNCCCCCCOc1ccc(Cl)c(Cl)c1. The van der Waals surface area contributed by atoms with E-state index in [9.17, 15) is 0 Å². The molecular formula is C16H25Cl2NO. The molecule has 0 aliphatic rings. The highest BCUT2D eigenvalue weighted by atomic mass is 35.5. The van der Waals surface area contributed by atoms with Gasteiger partial charge >= 0.3 is 0 Å². The van der Waals surface area contributed by atoms with Gasteiger partial charge in [-0.25, -0.2) is 0 Å². The predicted molar refractivity (Wildman–Crippen MR) is 88.1 cm³/mol. The topological polar surface area (TPSA) is 21.3 Å². The number of nitrogens with one attached hydrogen (secondary N) is 1. The van der Waals surface area contributed by atoms with Crippen LogP contribution in [0.25, 0.3) is 0 Å². The van der Waals surface area contributed by atoms with Gasteiger partial charge < -0.3 is 10.1 Å². The monoisotopic (exact) mass is 317 g/mol. The third-order valence-corrected chi connectivity index (χ3v) is 3.70. The lowest BCUT2D eigenvalue weighted by Gasteiger charge is -2.08. The van der Waals surface area contributed by atoms with Crippen LogP contribution in [0.2, 0.25) is 10.0 Å². The highest BCUT2D eigenvalue weighted by Gasteiger charge is 2.00. The molecular weight excluding hydrogens is 293 g/mol. The van der Waals surface area contributed by atoms with Crippen molar-refractivity contribution in [2.45, 2.75) is 39.5 Å². The summed E-state index contributed by atoms with van der Waals surface area (Å²) in [5, 5.41) is 4.56. The first kappa shape index (κ1) is 17.6. The summed E-state index contributed by atoms with van der Waals surface area (Å²) in [6.07, 6.45) is 4.75. The Morgan fingerprint density at radius 3 is 2.50 bits per heavy atom. The second-order valence-corrected chi connectivity index (χ2v) is 6.25. The first-order chi connectivity index (χ1) is 9.59. The number of ether oxygens (including phenoxy) is 1. The quantitative estimate of drug-likeness (QED) is 0.600. The third-order valence-electron chi connectivity index (χ3n) is 2.96. The first-order valence-electron chi connectivity index (χ1n) is 7.38. The van der Waals surface area contributed by atoms with Gasteiger partial charge in [0.25, 0.3) is 0 Å². The van der Waals surface area contributed by atoms with Gasteiger partial charge in [0.15, 0.2) is 0 Å². The van der Waals surface area contributed by atoms with Crippen LogP contribution < -0.4 is 10.1 Å². The van der Waals surface area contributed by atoms with Gasteiger partial charge in [-0.15, -0.1) is 0 Å². The van der Waals surface area contributed by atoms with Crippen molar-refractivity contribution in [3.8, 4) is 5.75 Å². The Labute approximate surface area is 132 Å². The zero-order valence-electron chi connectivity index (χ0n) is 12.4. The number of halogens is 2. The maximum Gasteiger partial charge on any atom is 0.120 e. The van der Waals surface area contributed by atoms with Crippen molar-refractivity contribution in [2.75, 3.05) is 19.7 Å². The molecule has 0 saturated carbocycles. The molecule has 0 aliphatic carbocycles. The van der Waals surface area contributed by atoms with Crippen molar-refractivity contribution < 1.29 is 4.74 Å².